The summed E-state index contributed by atoms with van der Waals surface area (Å²) in [6.45, 7) is -0.683. The van der Waals surface area contributed by atoms with Gasteiger partial charge in [0, 0.05) is 0 Å². The molecule has 0 bridgehead atoms. The Bertz CT molecular complexity index is 626. The smallest absolute Gasteiger partial charge is 0.229 e. The molecule has 0 radical (unpaired) electrons. The van der Waals surface area contributed by atoms with Crippen molar-refractivity contribution in [1.29, 1.82) is 0 Å². The maximum Gasteiger partial charge on any atom is 0.229 e. The van der Waals surface area contributed by atoms with Crippen LogP contribution in [0.4, 0.5) is 0 Å². The molecular weight excluding hydrogens is 364 g/mol. The van der Waals surface area contributed by atoms with E-state index in [1.165, 1.54) is 14.2 Å². The SMILES string of the molecule is COc1cc([C@H]2O[C@@H]2CO)cc(OC)c1O[C@H]1O[C@@H](CO)[C@H](O)[C@@H](O)[C@@H]1O. The van der Waals surface area contributed by atoms with Crippen LogP contribution in [0.15, 0.2) is 12.1 Å². The lowest BCUT2D eigenvalue weighted by atomic mass is 9.99. The van der Waals surface area contributed by atoms with Crippen LogP contribution in [-0.2, 0) is 9.47 Å². The van der Waals surface area contributed by atoms with E-state index in [-0.39, 0.29) is 36.1 Å². The van der Waals surface area contributed by atoms with E-state index in [1.807, 2.05) is 0 Å². The molecule has 10 nitrogen and oxygen atoms in total. The second-order valence-corrected chi connectivity index (χ2v) is 6.35. The van der Waals surface area contributed by atoms with Gasteiger partial charge in [-0.25, -0.2) is 0 Å². The van der Waals surface area contributed by atoms with Crippen molar-refractivity contribution in [2.45, 2.75) is 42.9 Å². The van der Waals surface area contributed by atoms with Gasteiger partial charge in [-0.3, -0.25) is 0 Å². The molecule has 0 spiro atoms. The van der Waals surface area contributed by atoms with Gasteiger partial charge in [0.1, 0.15) is 36.6 Å². The summed E-state index contributed by atoms with van der Waals surface area (Å²) in [5.41, 5.74) is 0.712. The lowest BCUT2D eigenvalue weighted by Crippen LogP contribution is -2.60. The van der Waals surface area contributed by atoms with Crippen LogP contribution in [0.3, 0.4) is 0 Å². The molecule has 1 aromatic rings. The van der Waals surface area contributed by atoms with Crippen molar-refractivity contribution >= 4 is 0 Å². The van der Waals surface area contributed by atoms with Gasteiger partial charge in [0.15, 0.2) is 11.5 Å². The quantitative estimate of drug-likeness (QED) is 0.342. The molecule has 3 rings (SSSR count). The molecule has 0 unspecified atom stereocenters. The number of rotatable bonds is 7. The predicted molar refractivity (Wildman–Crippen MR) is 88.6 cm³/mol. The first kappa shape index (κ1) is 20.1. The Labute approximate surface area is 155 Å². The first-order valence-electron chi connectivity index (χ1n) is 8.44. The summed E-state index contributed by atoms with van der Waals surface area (Å²) in [6, 6.07) is 3.28. The summed E-state index contributed by atoms with van der Waals surface area (Å²) >= 11 is 0. The Morgan fingerprint density at radius 2 is 1.44 bits per heavy atom. The van der Waals surface area contributed by atoms with Crippen molar-refractivity contribution in [3.05, 3.63) is 17.7 Å². The highest BCUT2D eigenvalue weighted by molar-refractivity contribution is 5.55. The van der Waals surface area contributed by atoms with E-state index < -0.39 is 37.3 Å². The molecule has 10 heteroatoms. The monoisotopic (exact) mass is 388 g/mol. The average Bonchev–Trinajstić information content (AvgIpc) is 3.48. The van der Waals surface area contributed by atoms with Gasteiger partial charge < -0.3 is 49.2 Å². The maximum atomic E-state index is 10.2. The van der Waals surface area contributed by atoms with Crippen LogP contribution in [0.25, 0.3) is 0 Å². The average molecular weight is 388 g/mol. The fourth-order valence-corrected chi connectivity index (χ4v) is 3.04. The van der Waals surface area contributed by atoms with Crippen LogP contribution in [0.1, 0.15) is 11.7 Å². The highest BCUT2D eigenvalue weighted by Crippen LogP contribution is 2.46. The maximum absolute atomic E-state index is 10.2. The molecule has 0 saturated carbocycles. The molecule has 0 aromatic heterocycles. The first-order chi connectivity index (χ1) is 12.9. The van der Waals surface area contributed by atoms with Gasteiger partial charge in [0.2, 0.25) is 12.0 Å². The van der Waals surface area contributed by atoms with Crippen LogP contribution in [0.5, 0.6) is 17.2 Å². The normalized spacial score (nSPS) is 35.6. The number of methoxy groups -OCH3 is 2. The molecule has 7 atom stereocenters. The second kappa shape index (κ2) is 8.15. The summed E-state index contributed by atoms with van der Waals surface area (Å²) < 4.78 is 27.1. The van der Waals surface area contributed by atoms with Crippen molar-refractivity contribution < 1.29 is 49.2 Å². The Hall–Kier alpha value is -1.66. The van der Waals surface area contributed by atoms with Gasteiger partial charge in [-0.05, 0) is 17.7 Å². The lowest BCUT2D eigenvalue weighted by Gasteiger charge is -2.39. The highest BCUT2D eigenvalue weighted by Gasteiger charge is 2.45. The summed E-state index contributed by atoms with van der Waals surface area (Å²) in [4.78, 5) is 0. The molecule has 2 saturated heterocycles. The second-order valence-electron chi connectivity index (χ2n) is 6.35. The van der Waals surface area contributed by atoms with Crippen molar-refractivity contribution in [3.63, 3.8) is 0 Å². The molecule has 27 heavy (non-hydrogen) atoms. The van der Waals surface area contributed by atoms with E-state index in [1.54, 1.807) is 12.1 Å². The number of benzene rings is 1. The Morgan fingerprint density at radius 3 is 1.93 bits per heavy atom. The van der Waals surface area contributed by atoms with Crippen LogP contribution in [0.2, 0.25) is 0 Å². The zero-order valence-corrected chi connectivity index (χ0v) is 14.9. The molecule has 0 amide bonds. The van der Waals surface area contributed by atoms with Gasteiger partial charge in [-0.2, -0.15) is 0 Å². The van der Waals surface area contributed by atoms with Crippen molar-refractivity contribution in [2.75, 3.05) is 27.4 Å². The van der Waals surface area contributed by atoms with Crippen molar-refractivity contribution in [3.8, 4) is 17.2 Å². The Morgan fingerprint density at radius 1 is 0.852 bits per heavy atom. The molecular formula is C17H24O10. The third-order valence-corrected chi connectivity index (χ3v) is 4.66. The summed E-state index contributed by atoms with van der Waals surface area (Å²) in [5, 5.41) is 48.4. The number of hydrogen-bond acceptors (Lipinski definition) is 10. The van der Waals surface area contributed by atoms with Gasteiger partial charge in [0.05, 0.1) is 27.4 Å². The van der Waals surface area contributed by atoms with E-state index in [2.05, 4.69) is 0 Å². The third kappa shape index (κ3) is 3.83. The minimum atomic E-state index is -1.57. The number of aliphatic hydroxyl groups excluding tert-OH is 5. The number of ether oxygens (including phenoxy) is 5. The van der Waals surface area contributed by atoms with E-state index in [0.29, 0.717) is 5.56 Å². The molecule has 2 heterocycles. The molecule has 5 N–H and O–H groups in total. The van der Waals surface area contributed by atoms with Crippen molar-refractivity contribution in [2.24, 2.45) is 0 Å². The summed E-state index contributed by atoms with van der Waals surface area (Å²) in [6.07, 6.45) is -7.69. The van der Waals surface area contributed by atoms with Gasteiger partial charge in [0.25, 0.3) is 0 Å². The van der Waals surface area contributed by atoms with Gasteiger partial charge >= 0.3 is 0 Å². The number of aliphatic hydroxyl groups is 5. The molecule has 152 valence electrons. The minimum Gasteiger partial charge on any atom is -0.493 e. The van der Waals surface area contributed by atoms with E-state index in [9.17, 15) is 20.4 Å². The molecule has 1 aromatic carbocycles. The van der Waals surface area contributed by atoms with E-state index in [0.717, 1.165) is 0 Å². The Kier molecular flexibility index (Phi) is 6.06. The van der Waals surface area contributed by atoms with Crippen molar-refractivity contribution in [1.82, 2.24) is 0 Å². The van der Waals surface area contributed by atoms with E-state index in [4.69, 9.17) is 28.8 Å². The van der Waals surface area contributed by atoms with Crippen LogP contribution < -0.4 is 14.2 Å². The van der Waals surface area contributed by atoms with Gasteiger partial charge in [-0.15, -0.1) is 0 Å². The largest absolute Gasteiger partial charge is 0.493 e. The number of hydrogen-bond donors (Lipinski definition) is 5. The summed E-state index contributed by atoms with van der Waals surface area (Å²) in [5.74, 6) is 0.622. The lowest BCUT2D eigenvalue weighted by molar-refractivity contribution is -0.277. The zero-order chi connectivity index (χ0) is 19.7. The first-order valence-corrected chi connectivity index (χ1v) is 8.44. The predicted octanol–water partition coefficient (Wildman–Crippen LogP) is -1.69. The number of epoxide rings is 1. The Balaban J connectivity index is 1.87. The molecule has 0 aliphatic carbocycles. The molecule has 2 aliphatic rings. The highest BCUT2D eigenvalue weighted by atomic mass is 16.7. The molecule has 2 fully saturated rings. The van der Waals surface area contributed by atoms with E-state index >= 15 is 0 Å². The fraction of sp³-hybridized carbons (Fsp3) is 0.647. The van der Waals surface area contributed by atoms with Crippen LogP contribution in [-0.4, -0.2) is 89.8 Å². The van der Waals surface area contributed by atoms with Gasteiger partial charge in [-0.1, -0.05) is 0 Å². The topological polar surface area (TPSA) is 151 Å². The standard InChI is InChI=1S/C17H24O10/c1-23-8-3-7(15-11(6-19)25-15)4-9(24-2)16(8)27-17-14(22)13(21)12(20)10(5-18)26-17/h3-4,10-15,17-22H,5-6H2,1-2H3/t10-,11+,12-,13+,14-,15+,17+/m0/s1. The van der Waals surface area contributed by atoms with Crippen LogP contribution in [0, 0.1) is 0 Å². The minimum absolute atomic E-state index is 0.106. The fourth-order valence-electron chi connectivity index (χ4n) is 3.04. The molecule has 2 aliphatic heterocycles. The summed E-state index contributed by atoms with van der Waals surface area (Å²) in [7, 11) is 2.83. The van der Waals surface area contributed by atoms with Crippen LogP contribution >= 0.6 is 0 Å². The zero-order valence-electron chi connectivity index (χ0n) is 14.9. The third-order valence-electron chi connectivity index (χ3n) is 4.66.